The molecule has 2 atom stereocenters. The van der Waals surface area contributed by atoms with Crippen LogP contribution in [0.3, 0.4) is 0 Å². The zero-order valence-electron chi connectivity index (χ0n) is 26.8. The zero-order valence-corrected chi connectivity index (χ0v) is 26.8. The Bertz CT molecular complexity index is 1620. The maximum absolute atomic E-state index is 14.7. The molecule has 9 heteroatoms. The molecule has 236 valence electrons. The third-order valence-electron chi connectivity index (χ3n) is 11.9. The number of aromatic nitrogens is 3. The van der Waals surface area contributed by atoms with Crippen molar-refractivity contribution < 1.29 is 4.79 Å². The molecule has 3 aromatic rings. The molecule has 4 saturated heterocycles. The van der Waals surface area contributed by atoms with Gasteiger partial charge in [-0.15, -0.1) is 0 Å². The molecular weight excluding hydrogens is 560 g/mol. The third kappa shape index (κ3) is 4.32. The number of hydrogen-bond acceptors (Lipinski definition) is 7. The van der Waals surface area contributed by atoms with Gasteiger partial charge in [0.05, 0.1) is 11.6 Å². The summed E-state index contributed by atoms with van der Waals surface area (Å²) in [4.78, 5) is 36.8. The summed E-state index contributed by atoms with van der Waals surface area (Å²) in [5.41, 5.74) is 4.98. The van der Waals surface area contributed by atoms with E-state index in [2.05, 4.69) is 72.4 Å². The Morgan fingerprint density at radius 2 is 1.51 bits per heavy atom. The molecule has 4 fully saturated rings. The fourth-order valence-electron chi connectivity index (χ4n) is 9.48. The number of carbonyl (C=O) groups is 1. The molecule has 0 saturated carbocycles. The lowest BCUT2D eigenvalue weighted by molar-refractivity contribution is -0.125. The minimum Gasteiger partial charge on any atom is -0.356 e. The van der Waals surface area contributed by atoms with Crippen LogP contribution in [0.4, 0.5) is 17.6 Å². The van der Waals surface area contributed by atoms with Gasteiger partial charge in [0.1, 0.15) is 17.3 Å². The van der Waals surface area contributed by atoms with Gasteiger partial charge in [0.25, 0.3) is 5.91 Å². The Labute approximate surface area is 266 Å². The monoisotopic (exact) mass is 606 g/mol. The molecule has 8 heterocycles. The molecule has 0 bridgehead atoms. The smallest absolute Gasteiger partial charge is 0.270 e. The van der Waals surface area contributed by atoms with Gasteiger partial charge >= 0.3 is 0 Å². The summed E-state index contributed by atoms with van der Waals surface area (Å²) < 4.78 is 2.38. The van der Waals surface area contributed by atoms with Gasteiger partial charge in [-0.25, -0.2) is 0 Å². The molecule has 1 aromatic carbocycles. The molecule has 6 aliphatic heterocycles. The molecule has 0 radical (unpaired) electrons. The number of amides is 1. The number of piperazine rings is 1. The molecule has 0 aliphatic carbocycles. The number of rotatable bonds is 5. The Hall–Kier alpha value is -3.59. The van der Waals surface area contributed by atoms with E-state index >= 15 is 0 Å². The quantitative estimate of drug-likeness (QED) is 0.409. The normalized spacial score (nSPS) is 26.5. The van der Waals surface area contributed by atoms with Gasteiger partial charge in [0, 0.05) is 81.5 Å². The highest BCUT2D eigenvalue weighted by atomic mass is 16.2. The average molecular weight is 607 g/mol. The summed E-state index contributed by atoms with van der Waals surface area (Å²) in [7, 11) is 0. The Morgan fingerprint density at radius 1 is 0.822 bits per heavy atom. The summed E-state index contributed by atoms with van der Waals surface area (Å²) >= 11 is 0. The summed E-state index contributed by atoms with van der Waals surface area (Å²) in [6.07, 6.45) is 11.8. The van der Waals surface area contributed by atoms with E-state index in [9.17, 15) is 4.79 Å². The summed E-state index contributed by atoms with van der Waals surface area (Å²) in [5, 5.41) is 1.33. The van der Waals surface area contributed by atoms with E-state index in [-0.39, 0.29) is 11.3 Å². The lowest BCUT2D eigenvalue weighted by atomic mass is 9.66. The number of carbonyl (C=O) groups excluding carboxylic acids is 1. The van der Waals surface area contributed by atoms with Gasteiger partial charge in [-0.3, -0.25) is 9.69 Å². The molecule has 0 N–H and O–H groups in total. The Balaban J connectivity index is 1.03. The molecule has 0 unspecified atom stereocenters. The van der Waals surface area contributed by atoms with Crippen LogP contribution in [-0.4, -0.2) is 95.7 Å². The van der Waals surface area contributed by atoms with Gasteiger partial charge < -0.3 is 24.2 Å². The van der Waals surface area contributed by atoms with Crippen molar-refractivity contribution in [2.45, 2.75) is 64.3 Å². The van der Waals surface area contributed by atoms with Crippen LogP contribution in [0.1, 0.15) is 69.2 Å². The molecule has 1 amide bonds. The van der Waals surface area contributed by atoms with E-state index in [0.717, 1.165) is 94.9 Å². The van der Waals surface area contributed by atoms with Crippen molar-refractivity contribution in [1.29, 1.82) is 0 Å². The number of hydrogen-bond donors (Lipinski definition) is 0. The van der Waals surface area contributed by atoms with Crippen molar-refractivity contribution in [2.75, 3.05) is 80.1 Å². The van der Waals surface area contributed by atoms with Crippen molar-refractivity contribution in [3.63, 3.8) is 0 Å². The highest BCUT2D eigenvalue weighted by molar-refractivity contribution is 6.16. The molecule has 6 aliphatic rings. The van der Waals surface area contributed by atoms with E-state index in [4.69, 9.17) is 9.97 Å². The first-order valence-electron chi connectivity index (χ1n) is 17.7. The zero-order chi connectivity index (χ0) is 30.1. The Kier molecular flexibility index (Phi) is 6.62. The van der Waals surface area contributed by atoms with Crippen LogP contribution in [0, 0.1) is 5.41 Å². The fourth-order valence-corrected chi connectivity index (χ4v) is 9.48. The minimum absolute atomic E-state index is 0.0174. The largest absolute Gasteiger partial charge is 0.356 e. The maximum Gasteiger partial charge on any atom is 0.270 e. The van der Waals surface area contributed by atoms with Crippen LogP contribution < -0.4 is 14.7 Å². The summed E-state index contributed by atoms with van der Waals surface area (Å²) in [6, 6.07) is 11.4. The number of piperidine rings is 1. The predicted molar refractivity (Wildman–Crippen MR) is 180 cm³/mol. The van der Waals surface area contributed by atoms with Crippen LogP contribution in [0.15, 0.2) is 36.4 Å². The van der Waals surface area contributed by atoms with Crippen LogP contribution in [-0.2, 0) is 11.2 Å². The summed E-state index contributed by atoms with van der Waals surface area (Å²) in [6.45, 7) is 11.8. The fraction of sp³-hybridized carbons (Fsp3) is 0.583. The number of anilines is 3. The second-order valence-electron chi connectivity index (χ2n) is 14.2. The SMILES string of the molecule is CC[C@@]12C=C(C(=O)N3CCN(c4cc(N5CCCC5)nc(N5CCCC5)n4)CC3)n3c4c(c5ccccc53)CCN(CCC1)[C@@H]42. The van der Waals surface area contributed by atoms with E-state index < -0.39 is 0 Å². The predicted octanol–water partition coefficient (Wildman–Crippen LogP) is 4.92. The van der Waals surface area contributed by atoms with Crippen molar-refractivity contribution in [1.82, 2.24) is 24.3 Å². The first kappa shape index (κ1) is 27.7. The van der Waals surface area contributed by atoms with Crippen molar-refractivity contribution in [3.05, 3.63) is 47.7 Å². The number of para-hydroxylation sites is 1. The van der Waals surface area contributed by atoms with Crippen molar-refractivity contribution >= 4 is 40.1 Å². The molecule has 9 nitrogen and oxygen atoms in total. The van der Waals surface area contributed by atoms with Gasteiger partial charge in [0.2, 0.25) is 5.95 Å². The van der Waals surface area contributed by atoms with E-state index in [1.54, 1.807) is 0 Å². The first-order valence-corrected chi connectivity index (χ1v) is 17.7. The molecule has 45 heavy (non-hydrogen) atoms. The van der Waals surface area contributed by atoms with Crippen LogP contribution in [0.25, 0.3) is 16.6 Å². The van der Waals surface area contributed by atoms with Gasteiger partial charge in [-0.1, -0.05) is 25.1 Å². The molecule has 2 aromatic heterocycles. The highest BCUT2D eigenvalue weighted by Gasteiger charge is 2.51. The van der Waals surface area contributed by atoms with Gasteiger partial charge in [0.15, 0.2) is 0 Å². The number of nitrogens with zero attached hydrogens (tertiary/aromatic N) is 8. The summed E-state index contributed by atoms with van der Waals surface area (Å²) in [5.74, 6) is 3.14. The lowest BCUT2D eigenvalue weighted by Gasteiger charge is -2.53. The van der Waals surface area contributed by atoms with E-state index in [1.165, 1.54) is 54.3 Å². The molecule has 9 rings (SSSR count). The second-order valence-corrected chi connectivity index (χ2v) is 14.2. The van der Waals surface area contributed by atoms with Crippen LogP contribution in [0.2, 0.25) is 0 Å². The Morgan fingerprint density at radius 3 is 2.24 bits per heavy atom. The number of fused-ring (bicyclic) bond motifs is 3. The molecule has 0 spiro atoms. The van der Waals surface area contributed by atoms with Crippen molar-refractivity contribution in [3.8, 4) is 0 Å². The number of benzene rings is 1. The lowest BCUT2D eigenvalue weighted by Crippen LogP contribution is -2.53. The second kappa shape index (κ2) is 10.7. The maximum atomic E-state index is 14.7. The first-order chi connectivity index (χ1) is 22.1. The molecular formula is C36H46N8O. The topological polar surface area (TPSA) is 64.0 Å². The third-order valence-corrected chi connectivity index (χ3v) is 11.9. The average Bonchev–Trinajstić information content (AvgIpc) is 3.89. The van der Waals surface area contributed by atoms with E-state index in [1.807, 2.05) is 0 Å². The standard InChI is InChI=1S/C36H46N8O/c1-2-36-13-9-18-41-19-12-27-26-10-3-4-11-28(26)44(32(27)33(36)41)29(25-36)34(45)42-22-20-40(21-23-42)31-24-30(39-14-5-6-15-39)37-35(38-31)43-16-7-8-17-43/h3-4,10-11,24-25,33H,2,5-9,12-23H2,1H3/t33-,36-/m0/s1. The highest BCUT2D eigenvalue weighted by Crippen LogP contribution is 2.57. The van der Waals surface area contributed by atoms with Crippen LogP contribution in [0.5, 0.6) is 0 Å². The van der Waals surface area contributed by atoms with Crippen LogP contribution >= 0.6 is 0 Å². The van der Waals surface area contributed by atoms with Gasteiger partial charge in [-0.2, -0.15) is 9.97 Å². The minimum atomic E-state index is 0.0174. The van der Waals surface area contributed by atoms with E-state index in [0.29, 0.717) is 19.1 Å². The van der Waals surface area contributed by atoms with Gasteiger partial charge in [-0.05, 0) is 75.6 Å². The van der Waals surface area contributed by atoms with Crippen molar-refractivity contribution in [2.24, 2.45) is 5.41 Å².